The Balaban J connectivity index is 1.61. The Morgan fingerprint density at radius 3 is 2.26 bits per heavy atom. The Morgan fingerprint density at radius 1 is 1.06 bits per heavy atom. The molecule has 2 aromatic carbocycles. The third kappa shape index (κ3) is 4.72. The minimum Gasteiger partial charge on any atom is -0.465 e. The molecule has 0 fully saturated rings. The van der Waals surface area contributed by atoms with Crippen LogP contribution in [0.2, 0.25) is 0 Å². The van der Waals surface area contributed by atoms with Crippen LogP contribution >= 0.6 is 11.3 Å². The predicted octanol–water partition coefficient (Wildman–Crippen LogP) is 5.82. The van der Waals surface area contributed by atoms with E-state index in [0.717, 1.165) is 36.0 Å². The standard InChI is InChI=1S/C26H27NO3S/c1-17-13-14-20-22(15-17)31-25(24(20)26(29)30-2)27-23(28)16-21(18-9-5-3-6-10-18)19-11-7-4-8-12-19/h3-12,17,21H,13-16H2,1-2H3,(H,27,28). The molecular formula is C26H27NO3S. The van der Waals surface area contributed by atoms with Crippen molar-refractivity contribution in [3.63, 3.8) is 0 Å². The first kappa shape index (κ1) is 21.3. The Hall–Kier alpha value is -2.92. The summed E-state index contributed by atoms with van der Waals surface area (Å²) in [5.74, 6) is 0.0545. The van der Waals surface area contributed by atoms with Crippen LogP contribution in [0.5, 0.6) is 0 Å². The number of amides is 1. The van der Waals surface area contributed by atoms with Crippen LogP contribution < -0.4 is 5.32 Å². The number of fused-ring (bicyclic) bond motifs is 1. The van der Waals surface area contributed by atoms with Gasteiger partial charge >= 0.3 is 5.97 Å². The van der Waals surface area contributed by atoms with Crippen molar-refractivity contribution in [1.82, 2.24) is 0 Å². The lowest BCUT2D eigenvalue weighted by molar-refractivity contribution is -0.116. The van der Waals surface area contributed by atoms with Gasteiger partial charge in [-0.2, -0.15) is 0 Å². The smallest absolute Gasteiger partial charge is 0.341 e. The summed E-state index contributed by atoms with van der Waals surface area (Å²) in [6.07, 6.45) is 3.14. The van der Waals surface area contributed by atoms with Gasteiger partial charge in [0.15, 0.2) is 0 Å². The zero-order chi connectivity index (χ0) is 21.8. The van der Waals surface area contributed by atoms with Crippen molar-refractivity contribution in [3.05, 3.63) is 87.8 Å². The van der Waals surface area contributed by atoms with Gasteiger partial charge in [0, 0.05) is 17.2 Å². The number of carbonyl (C=O) groups is 2. The number of benzene rings is 2. The molecule has 0 saturated carbocycles. The fraction of sp³-hybridized carbons (Fsp3) is 0.308. The summed E-state index contributed by atoms with van der Waals surface area (Å²) in [4.78, 5) is 26.9. The van der Waals surface area contributed by atoms with E-state index in [2.05, 4.69) is 36.5 Å². The Labute approximate surface area is 187 Å². The highest BCUT2D eigenvalue weighted by atomic mass is 32.1. The second kappa shape index (κ2) is 9.48. The SMILES string of the molecule is COC(=O)c1c(NC(=O)CC(c2ccccc2)c2ccccc2)sc2c1CCC(C)C2. The van der Waals surface area contributed by atoms with Crippen LogP contribution in [0.4, 0.5) is 5.00 Å². The van der Waals surface area contributed by atoms with Gasteiger partial charge in [0.1, 0.15) is 5.00 Å². The van der Waals surface area contributed by atoms with E-state index in [-0.39, 0.29) is 17.8 Å². The number of carbonyl (C=O) groups excluding carboxylic acids is 2. The normalized spacial score (nSPS) is 15.4. The number of nitrogens with one attached hydrogen (secondary N) is 1. The van der Waals surface area contributed by atoms with E-state index in [9.17, 15) is 9.59 Å². The van der Waals surface area contributed by atoms with Crippen LogP contribution in [0.1, 0.15) is 57.6 Å². The zero-order valence-corrected chi connectivity index (χ0v) is 18.7. The van der Waals surface area contributed by atoms with E-state index in [1.165, 1.54) is 23.3 Å². The van der Waals surface area contributed by atoms with Crippen molar-refractivity contribution in [2.24, 2.45) is 5.92 Å². The van der Waals surface area contributed by atoms with Gasteiger partial charge in [-0.25, -0.2) is 4.79 Å². The number of esters is 1. The van der Waals surface area contributed by atoms with Gasteiger partial charge < -0.3 is 10.1 Å². The first-order valence-corrected chi connectivity index (χ1v) is 11.5. The number of thiophene rings is 1. The van der Waals surface area contributed by atoms with Crippen molar-refractivity contribution in [3.8, 4) is 0 Å². The summed E-state index contributed by atoms with van der Waals surface area (Å²) >= 11 is 1.52. The van der Waals surface area contributed by atoms with E-state index >= 15 is 0 Å². The zero-order valence-electron chi connectivity index (χ0n) is 17.9. The van der Waals surface area contributed by atoms with E-state index in [1.807, 2.05) is 36.4 Å². The first-order chi connectivity index (χ1) is 15.1. The highest BCUT2D eigenvalue weighted by molar-refractivity contribution is 7.17. The number of anilines is 1. The number of hydrogen-bond donors (Lipinski definition) is 1. The van der Waals surface area contributed by atoms with Gasteiger partial charge in [-0.05, 0) is 41.9 Å². The minimum atomic E-state index is -0.370. The number of rotatable bonds is 6. The monoisotopic (exact) mass is 433 g/mol. The fourth-order valence-electron chi connectivity index (χ4n) is 4.32. The lowest BCUT2D eigenvalue weighted by Crippen LogP contribution is -2.18. The summed E-state index contributed by atoms with van der Waals surface area (Å²) in [6, 6.07) is 20.1. The second-order valence-corrected chi connectivity index (χ2v) is 9.28. The summed E-state index contributed by atoms with van der Waals surface area (Å²) in [7, 11) is 1.39. The van der Waals surface area contributed by atoms with Gasteiger partial charge in [-0.3, -0.25) is 4.79 Å². The minimum absolute atomic E-state index is 0.0569. The molecule has 0 bridgehead atoms. The van der Waals surface area contributed by atoms with Crippen LogP contribution in [-0.4, -0.2) is 19.0 Å². The summed E-state index contributed by atoms with van der Waals surface area (Å²) in [6.45, 7) is 2.23. The molecule has 0 spiro atoms. The quantitative estimate of drug-likeness (QED) is 0.498. The lowest BCUT2D eigenvalue weighted by atomic mass is 9.88. The van der Waals surface area contributed by atoms with Gasteiger partial charge in [0.2, 0.25) is 5.91 Å². The molecule has 1 atom stereocenters. The third-order valence-electron chi connectivity index (χ3n) is 5.95. The van der Waals surface area contributed by atoms with Gasteiger partial charge in [0.25, 0.3) is 0 Å². The molecule has 4 rings (SSSR count). The molecule has 1 aliphatic rings. The third-order valence-corrected chi connectivity index (χ3v) is 7.12. The van der Waals surface area contributed by atoms with Gasteiger partial charge in [0.05, 0.1) is 12.7 Å². The molecule has 0 radical (unpaired) electrons. The van der Waals surface area contributed by atoms with E-state index in [0.29, 0.717) is 22.9 Å². The molecule has 1 amide bonds. The van der Waals surface area contributed by atoms with Crippen LogP contribution in [-0.2, 0) is 22.4 Å². The maximum Gasteiger partial charge on any atom is 0.341 e. The average Bonchev–Trinajstić information content (AvgIpc) is 3.14. The molecule has 3 aromatic rings. The van der Waals surface area contributed by atoms with Crippen molar-refractivity contribution >= 4 is 28.2 Å². The highest BCUT2D eigenvalue weighted by Gasteiger charge is 2.29. The topological polar surface area (TPSA) is 55.4 Å². The highest BCUT2D eigenvalue weighted by Crippen LogP contribution is 2.40. The number of ether oxygens (including phenoxy) is 1. The molecule has 1 unspecified atom stereocenters. The number of methoxy groups -OCH3 is 1. The van der Waals surface area contributed by atoms with Crippen LogP contribution in [0, 0.1) is 5.92 Å². The Bertz CT molecular complexity index is 1020. The molecule has 4 nitrogen and oxygen atoms in total. The van der Waals surface area contributed by atoms with Crippen LogP contribution in [0.3, 0.4) is 0 Å². The summed E-state index contributed by atoms with van der Waals surface area (Å²) < 4.78 is 5.05. The van der Waals surface area contributed by atoms with Crippen LogP contribution in [0.25, 0.3) is 0 Å². The van der Waals surface area contributed by atoms with Gasteiger partial charge in [-0.15, -0.1) is 11.3 Å². The molecule has 5 heteroatoms. The van der Waals surface area contributed by atoms with Gasteiger partial charge in [-0.1, -0.05) is 67.6 Å². The molecule has 1 N–H and O–H groups in total. The molecule has 160 valence electrons. The largest absolute Gasteiger partial charge is 0.465 e. The maximum atomic E-state index is 13.2. The average molecular weight is 434 g/mol. The number of hydrogen-bond acceptors (Lipinski definition) is 4. The molecular weight excluding hydrogens is 406 g/mol. The van der Waals surface area contributed by atoms with Crippen molar-refractivity contribution in [1.29, 1.82) is 0 Å². The van der Waals surface area contributed by atoms with E-state index in [1.54, 1.807) is 0 Å². The summed E-state index contributed by atoms with van der Waals surface area (Å²) in [5, 5.41) is 3.67. The van der Waals surface area contributed by atoms with Crippen LogP contribution in [0.15, 0.2) is 60.7 Å². The second-order valence-electron chi connectivity index (χ2n) is 8.17. The first-order valence-electron chi connectivity index (χ1n) is 10.7. The molecule has 1 heterocycles. The van der Waals surface area contributed by atoms with E-state index in [4.69, 9.17) is 4.74 Å². The lowest BCUT2D eigenvalue weighted by Gasteiger charge is -2.18. The van der Waals surface area contributed by atoms with Crippen molar-refractivity contribution in [2.45, 2.75) is 38.5 Å². The van der Waals surface area contributed by atoms with Crippen molar-refractivity contribution in [2.75, 3.05) is 12.4 Å². The molecule has 1 aliphatic carbocycles. The molecule has 1 aromatic heterocycles. The maximum absolute atomic E-state index is 13.2. The molecule has 0 saturated heterocycles. The molecule has 0 aliphatic heterocycles. The fourth-order valence-corrected chi connectivity index (χ4v) is 5.73. The predicted molar refractivity (Wildman–Crippen MR) is 125 cm³/mol. The molecule has 31 heavy (non-hydrogen) atoms. The Morgan fingerprint density at radius 2 is 1.68 bits per heavy atom. The Kier molecular flexibility index (Phi) is 6.52. The van der Waals surface area contributed by atoms with E-state index < -0.39 is 0 Å². The van der Waals surface area contributed by atoms with Crippen molar-refractivity contribution < 1.29 is 14.3 Å². The summed E-state index contributed by atoms with van der Waals surface area (Å²) in [5.41, 5.74) is 3.78.